The first-order chi connectivity index (χ1) is 8.33. The highest BCUT2D eigenvalue weighted by atomic mass is 15.3. The summed E-state index contributed by atoms with van der Waals surface area (Å²) in [4.78, 5) is 6.91. The highest BCUT2D eigenvalue weighted by molar-refractivity contribution is 5.80. The molecular weight excluding hydrogens is 212 g/mol. The molecule has 1 saturated carbocycles. The predicted octanol–water partition coefficient (Wildman–Crippen LogP) is 0.411. The van der Waals surface area contributed by atoms with E-state index < -0.39 is 0 Å². The highest BCUT2D eigenvalue weighted by Gasteiger charge is 2.34. The van der Waals surface area contributed by atoms with E-state index in [1.54, 1.807) is 0 Å². The molecule has 0 bridgehead atoms. The van der Waals surface area contributed by atoms with Crippen LogP contribution in [0.5, 0.6) is 0 Å². The first-order valence-corrected chi connectivity index (χ1v) is 6.56. The summed E-state index contributed by atoms with van der Waals surface area (Å²) in [6, 6.07) is 1.39. The molecule has 1 atom stereocenters. The molecule has 17 heavy (non-hydrogen) atoms. The third kappa shape index (κ3) is 3.64. The zero-order valence-corrected chi connectivity index (χ0v) is 10.6. The SMILES string of the molecule is C#CCN=C(NCC)NC1CCN(C2CC2)C1. The molecule has 94 valence electrons. The first kappa shape index (κ1) is 12.3. The van der Waals surface area contributed by atoms with Crippen LogP contribution in [-0.4, -0.2) is 49.1 Å². The summed E-state index contributed by atoms with van der Waals surface area (Å²) < 4.78 is 0. The second-order valence-corrected chi connectivity index (χ2v) is 4.76. The van der Waals surface area contributed by atoms with Crippen LogP contribution in [0.3, 0.4) is 0 Å². The molecule has 0 radical (unpaired) electrons. The minimum atomic E-state index is 0.439. The van der Waals surface area contributed by atoms with Gasteiger partial charge in [0.1, 0.15) is 6.54 Å². The van der Waals surface area contributed by atoms with Gasteiger partial charge in [-0.05, 0) is 26.2 Å². The Hall–Kier alpha value is -1.21. The van der Waals surface area contributed by atoms with Crippen molar-refractivity contribution >= 4 is 5.96 Å². The van der Waals surface area contributed by atoms with Crippen LogP contribution >= 0.6 is 0 Å². The molecule has 1 unspecified atom stereocenters. The van der Waals surface area contributed by atoms with Crippen LogP contribution in [0.15, 0.2) is 4.99 Å². The number of terminal acetylenes is 1. The van der Waals surface area contributed by atoms with E-state index in [1.807, 2.05) is 0 Å². The topological polar surface area (TPSA) is 39.7 Å². The third-order valence-corrected chi connectivity index (χ3v) is 3.30. The van der Waals surface area contributed by atoms with E-state index in [2.05, 4.69) is 33.4 Å². The predicted molar refractivity (Wildman–Crippen MR) is 70.9 cm³/mol. The number of guanidine groups is 1. The van der Waals surface area contributed by atoms with Crippen LogP contribution < -0.4 is 10.6 Å². The first-order valence-electron chi connectivity index (χ1n) is 6.56. The maximum Gasteiger partial charge on any atom is 0.192 e. The molecule has 2 rings (SSSR count). The Balaban J connectivity index is 1.79. The zero-order chi connectivity index (χ0) is 12.1. The number of nitrogens with one attached hydrogen (secondary N) is 2. The van der Waals surface area contributed by atoms with Gasteiger partial charge in [-0.15, -0.1) is 6.42 Å². The van der Waals surface area contributed by atoms with Crippen molar-refractivity contribution in [2.75, 3.05) is 26.2 Å². The van der Waals surface area contributed by atoms with Crippen molar-refractivity contribution in [3.63, 3.8) is 0 Å². The van der Waals surface area contributed by atoms with Gasteiger partial charge in [-0.2, -0.15) is 0 Å². The molecule has 0 amide bonds. The van der Waals surface area contributed by atoms with Crippen LogP contribution in [0.1, 0.15) is 26.2 Å². The van der Waals surface area contributed by atoms with Crippen molar-refractivity contribution in [2.24, 2.45) is 4.99 Å². The quantitative estimate of drug-likeness (QED) is 0.420. The molecule has 0 aromatic heterocycles. The summed E-state index contributed by atoms with van der Waals surface area (Å²) >= 11 is 0. The number of aliphatic imine (C=N–C) groups is 1. The van der Waals surface area contributed by atoms with Gasteiger partial charge in [0.25, 0.3) is 0 Å². The average molecular weight is 234 g/mol. The summed E-state index contributed by atoms with van der Waals surface area (Å²) in [6.45, 7) is 5.74. The van der Waals surface area contributed by atoms with Gasteiger partial charge in [-0.3, -0.25) is 4.90 Å². The van der Waals surface area contributed by atoms with E-state index in [9.17, 15) is 0 Å². The minimum Gasteiger partial charge on any atom is -0.357 e. The summed E-state index contributed by atoms with van der Waals surface area (Å²) in [6.07, 6.45) is 9.21. The lowest BCUT2D eigenvalue weighted by molar-refractivity contribution is 0.321. The van der Waals surface area contributed by atoms with Crippen molar-refractivity contribution < 1.29 is 0 Å². The Morgan fingerprint density at radius 3 is 2.94 bits per heavy atom. The normalized spacial score (nSPS) is 25.6. The van der Waals surface area contributed by atoms with Gasteiger partial charge < -0.3 is 10.6 Å². The summed E-state index contributed by atoms with van der Waals surface area (Å²) in [5.74, 6) is 3.40. The van der Waals surface area contributed by atoms with E-state index in [4.69, 9.17) is 6.42 Å². The second kappa shape index (κ2) is 5.92. The van der Waals surface area contributed by atoms with Crippen molar-refractivity contribution in [1.82, 2.24) is 15.5 Å². The number of nitrogens with zero attached hydrogens (tertiary/aromatic N) is 2. The molecule has 4 nitrogen and oxygen atoms in total. The van der Waals surface area contributed by atoms with Gasteiger partial charge in [-0.25, -0.2) is 4.99 Å². The monoisotopic (exact) mass is 234 g/mol. The molecule has 1 heterocycles. The fourth-order valence-electron chi connectivity index (χ4n) is 2.31. The van der Waals surface area contributed by atoms with Crippen molar-refractivity contribution in [2.45, 2.75) is 38.3 Å². The Morgan fingerprint density at radius 2 is 2.29 bits per heavy atom. The number of hydrogen-bond acceptors (Lipinski definition) is 2. The molecule has 2 aliphatic rings. The molecule has 0 spiro atoms. The molecular formula is C13H22N4. The van der Waals surface area contributed by atoms with Crippen LogP contribution in [0.25, 0.3) is 0 Å². The van der Waals surface area contributed by atoms with E-state index in [0.29, 0.717) is 12.6 Å². The van der Waals surface area contributed by atoms with Crippen LogP contribution in [0.2, 0.25) is 0 Å². The summed E-state index contributed by atoms with van der Waals surface area (Å²) in [5, 5.41) is 6.69. The maximum absolute atomic E-state index is 5.23. The van der Waals surface area contributed by atoms with Gasteiger partial charge in [0.15, 0.2) is 5.96 Å². The van der Waals surface area contributed by atoms with Crippen LogP contribution in [0, 0.1) is 12.3 Å². The Kier molecular flexibility index (Phi) is 4.27. The number of likely N-dealkylation sites (tertiary alicyclic amines) is 1. The van der Waals surface area contributed by atoms with Crippen molar-refractivity contribution in [3.05, 3.63) is 0 Å². The van der Waals surface area contributed by atoms with Gasteiger partial charge in [0.05, 0.1) is 0 Å². The number of rotatable bonds is 4. The van der Waals surface area contributed by atoms with Crippen LogP contribution in [0.4, 0.5) is 0 Å². The van der Waals surface area contributed by atoms with Crippen LogP contribution in [-0.2, 0) is 0 Å². The summed E-state index contributed by atoms with van der Waals surface area (Å²) in [5.41, 5.74) is 0. The third-order valence-electron chi connectivity index (χ3n) is 3.30. The minimum absolute atomic E-state index is 0.439. The Morgan fingerprint density at radius 1 is 1.47 bits per heavy atom. The lowest BCUT2D eigenvalue weighted by Gasteiger charge is -2.18. The smallest absolute Gasteiger partial charge is 0.192 e. The largest absolute Gasteiger partial charge is 0.357 e. The standard InChI is InChI=1S/C13H22N4/c1-3-8-15-13(14-4-2)16-11-7-9-17(10-11)12-5-6-12/h1,11-12H,4-10H2,2H3,(H2,14,15,16). The van der Waals surface area contributed by atoms with E-state index in [-0.39, 0.29) is 0 Å². The second-order valence-electron chi connectivity index (χ2n) is 4.76. The van der Waals surface area contributed by atoms with E-state index in [1.165, 1.54) is 25.8 Å². The average Bonchev–Trinajstić information content (AvgIpc) is 3.08. The Labute approximate surface area is 104 Å². The molecule has 2 fully saturated rings. The Bertz CT molecular complexity index is 314. The number of hydrogen-bond donors (Lipinski definition) is 2. The molecule has 4 heteroatoms. The van der Waals surface area contributed by atoms with E-state index >= 15 is 0 Å². The van der Waals surface area contributed by atoms with Crippen molar-refractivity contribution in [3.8, 4) is 12.3 Å². The zero-order valence-electron chi connectivity index (χ0n) is 10.6. The molecule has 1 aliphatic heterocycles. The van der Waals surface area contributed by atoms with E-state index in [0.717, 1.165) is 25.1 Å². The fraction of sp³-hybridized carbons (Fsp3) is 0.769. The lowest BCUT2D eigenvalue weighted by atomic mass is 10.3. The maximum atomic E-state index is 5.23. The fourth-order valence-corrected chi connectivity index (χ4v) is 2.31. The molecule has 1 aliphatic carbocycles. The summed E-state index contributed by atoms with van der Waals surface area (Å²) in [7, 11) is 0. The van der Waals surface area contributed by atoms with Gasteiger partial charge in [0, 0.05) is 31.7 Å². The van der Waals surface area contributed by atoms with Gasteiger partial charge in [0.2, 0.25) is 0 Å². The van der Waals surface area contributed by atoms with Gasteiger partial charge >= 0.3 is 0 Å². The molecule has 0 aromatic rings. The molecule has 0 aromatic carbocycles. The van der Waals surface area contributed by atoms with Gasteiger partial charge in [-0.1, -0.05) is 5.92 Å². The van der Waals surface area contributed by atoms with Crippen molar-refractivity contribution in [1.29, 1.82) is 0 Å². The highest BCUT2D eigenvalue weighted by Crippen LogP contribution is 2.29. The molecule has 2 N–H and O–H groups in total. The lowest BCUT2D eigenvalue weighted by Crippen LogP contribution is -2.44. The molecule has 1 saturated heterocycles.